The lowest BCUT2D eigenvalue weighted by Crippen LogP contribution is -2.58. The summed E-state index contributed by atoms with van der Waals surface area (Å²) in [5.74, 6) is -0.315. The second-order valence-corrected chi connectivity index (χ2v) is 10.3. The summed E-state index contributed by atoms with van der Waals surface area (Å²) in [7, 11) is 0. The van der Waals surface area contributed by atoms with Gasteiger partial charge in [-0.15, -0.1) is 0 Å². The average molecular weight is 534 g/mol. The van der Waals surface area contributed by atoms with Crippen LogP contribution in [-0.2, 0) is 9.59 Å². The molecule has 8 heteroatoms. The molecule has 0 unspecified atom stereocenters. The zero-order valence-electron chi connectivity index (χ0n) is 22.1. The smallest absolute Gasteiger partial charge is 0.321 e. The third kappa shape index (κ3) is 4.84. The Bertz CT molecular complexity index is 1530. The van der Waals surface area contributed by atoms with Gasteiger partial charge in [-0.05, 0) is 48.6 Å². The maximum absolute atomic E-state index is 14.0. The number of urea groups is 1. The zero-order chi connectivity index (χ0) is 27.5. The minimum absolute atomic E-state index is 0.0376. The van der Waals surface area contributed by atoms with Gasteiger partial charge in [0.2, 0.25) is 5.91 Å². The molecule has 2 aliphatic heterocycles. The predicted molar refractivity (Wildman–Crippen MR) is 157 cm³/mol. The molecule has 4 aromatic rings. The average Bonchev–Trinajstić information content (AvgIpc) is 3.24. The maximum atomic E-state index is 14.0. The fourth-order valence-corrected chi connectivity index (χ4v) is 5.83. The molecule has 202 valence electrons. The second-order valence-electron chi connectivity index (χ2n) is 10.3. The fraction of sp³-hybridized carbons (Fsp3) is 0.219. The summed E-state index contributed by atoms with van der Waals surface area (Å²) >= 11 is 0. The van der Waals surface area contributed by atoms with Gasteiger partial charge in [0.25, 0.3) is 5.91 Å². The molecule has 40 heavy (non-hydrogen) atoms. The molecule has 0 bridgehead atoms. The standard InChI is InChI=1S/C32H31N5O3/c38-29(33-25-12-3-1-4-13-25)22-36-23-37(26-14-5-2-6-15-26)32(30(36)39)18-20-35(21-19-32)31(40)34-28-17-9-11-24-10-7-8-16-27(24)28/h1-17H,18-23H2,(H,33,38)(H,34,40). The van der Waals surface area contributed by atoms with E-state index in [1.807, 2.05) is 103 Å². The van der Waals surface area contributed by atoms with Crippen molar-refractivity contribution in [2.75, 3.05) is 41.8 Å². The third-order valence-electron chi connectivity index (χ3n) is 7.88. The van der Waals surface area contributed by atoms with Crippen molar-refractivity contribution in [1.29, 1.82) is 0 Å². The van der Waals surface area contributed by atoms with Crippen LogP contribution in [0.3, 0.4) is 0 Å². The minimum Gasteiger partial charge on any atom is -0.339 e. The minimum atomic E-state index is -0.815. The van der Waals surface area contributed by atoms with E-state index in [0.29, 0.717) is 38.3 Å². The first kappa shape index (κ1) is 25.4. The summed E-state index contributed by atoms with van der Waals surface area (Å²) in [6, 6.07) is 32.7. The molecule has 1 spiro atoms. The van der Waals surface area contributed by atoms with Crippen LogP contribution < -0.4 is 15.5 Å². The highest BCUT2D eigenvalue weighted by atomic mass is 16.2. The summed E-state index contributed by atoms with van der Waals surface area (Å²) in [5.41, 5.74) is 1.57. The Morgan fingerprint density at radius 3 is 2.15 bits per heavy atom. The first-order chi connectivity index (χ1) is 19.5. The number of hydrogen-bond donors (Lipinski definition) is 2. The summed E-state index contributed by atoms with van der Waals surface area (Å²) in [6.45, 7) is 1.13. The second kappa shape index (κ2) is 10.7. The van der Waals surface area contributed by atoms with Gasteiger partial charge < -0.3 is 25.3 Å². The number of carbonyl (C=O) groups excluding carboxylic acids is 3. The summed E-state index contributed by atoms with van der Waals surface area (Å²) in [6.07, 6.45) is 0.945. The number of hydrogen-bond acceptors (Lipinski definition) is 4. The van der Waals surface area contributed by atoms with Gasteiger partial charge in [-0.2, -0.15) is 0 Å². The number of likely N-dealkylation sites (tertiary alicyclic amines) is 1. The van der Waals surface area contributed by atoms with Gasteiger partial charge in [0.1, 0.15) is 12.1 Å². The first-order valence-electron chi connectivity index (χ1n) is 13.5. The monoisotopic (exact) mass is 533 g/mol. The van der Waals surface area contributed by atoms with E-state index < -0.39 is 5.54 Å². The molecule has 0 aromatic heterocycles. The van der Waals surface area contributed by atoms with Gasteiger partial charge >= 0.3 is 6.03 Å². The third-order valence-corrected chi connectivity index (χ3v) is 7.88. The maximum Gasteiger partial charge on any atom is 0.321 e. The van der Waals surface area contributed by atoms with Crippen molar-refractivity contribution in [3.8, 4) is 0 Å². The molecule has 2 fully saturated rings. The van der Waals surface area contributed by atoms with Gasteiger partial charge in [0.05, 0.1) is 12.4 Å². The van der Waals surface area contributed by atoms with Gasteiger partial charge in [0.15, 0.2) is 0 Å². The Morgan fingerprint density at radius 2 is 1.40 bits per heavy atom. The van der Waals surface area contributed by atoms with Crippen molar-refractivity contribution < 1.29 is 14.4 Å². The Kier molecular flexibility index (Phi) is 6.82. The van der Waals surface area contributed by atoms with Crippen LogP contribution in [0.5, 0.6) is 0 Å². The van der Waals surface area contributed by atoms with Crippen LogP contribution in [-0.4, -0.2) is 59.5 Å². The Hall–Kier alpha value is -4.85. The molecule has 2 N–H and O–H groups in total. The highest BCUT2D eigenvalue weighted by Gasteiger charge is 2.54. The van der Waals surface area contributed by atoms with E-state index >= 15 is 0 Å². The van der Waals surface area contributed by atoms with Gasteiger partial charge in [0, 0.05) is 29.9 Å². The van der Waals surface area contributed by atoms with Crippen LogP contribution in [0.1, 0.15) is 12.8 Å². The van der Waals surface area contributed by atoms with Gasteiger partial charge in [-0.3, -0.25) is 9.59 Å². The van der Waals surface area contributed by atoms with E-state index in [0.717, 1.165) is 22.1 Å². The van der Waals surface area contributed by atoms with Crippen LogP contribution in [0.4, 0.5) is 21.9 Å². The SMILES string of the molecule is O=C(CN1CN(c2ccccc2)C2(CCN(C(=O)Nc3cccc4ccccc34)CC2)C1=O)Nc1ccccc1. The Balaban J connectivity index is 1.18. The van der Waals surface area contributed by atoms with Crippen LogP contribution in [0.15, 0.2) is 103 Å². The molecule has 2 heterocycles. The van der Waals surface area contributed by atoms with E-state index in [1.54, 1.807) is 9.80 Å². The zero-order valence-corrected chi connectivity index (χ0v) is 22.1. The number of carbonyl (C=O) groups is 3. The molecular formula is C32H31N5O3. The topological polar surface area (TPSA) is 85.0 Å². The molecule has 6 rings (SSSR count). The number of rotatable bonds is 5. The number of piperidine rings is 1. The van der Waals surface area contributed by atoms with Crippen molar-refractivity contribution in [1.82, 2.24) is 9.80 Å². The predicted octanol–water partition coefficient (Wildman–Crippen LogP) is 5.15. The lowest BCUT2D eigenvalue weighted by molar-refractivity contribution is -0.136. The van der Waals surface area contributed by atoms with Gasteiger partial charge in [-0.25, -0.2) is 4.79 Å². The van der Waals surface area contributed by atoms with E-state index in [9.17, 15) is 14.4 Å². The molecule has 8 nitrogen and oxygen atoms in total. The van der Waals surface area contributed by atoms with Crippen LogP contribution in [0, 0.1) is 0 Å². The van der Waals surface area contributed by atoms with Crippen LogP contribution in [0.2, 0.25) is 0 Å². The number of para-hydroxylation sites is 2. The fourth-order valence-electron chi connectivity index (χ4n) is 5.83. The van der Waals surface area contributed by atoms with E-state index in [-0.39, 0.29) is 24.4 Å². The molecule has 2 saturated heterocycles. The summed E-state index contributed by atoms with van der Waals surface area (Å²) < 4.78 is 0. The van der Waals surface area contributed by atoms with E-state index in [2.05, 4.69) is 15.5 Å². The number of anilines is 3. The van der Waals surface area contributed by atoms with Crippen molar-refractivity contribution in [2.45, 2.75) is 18.4 Å². The highest BCUT2D eigenvalue weighted by Crippen LogP contribution is 2.39. The van der Waals surface area contributed by atoms with E-state index in [1.165, 1.54) is 0 Å². The largest absolute Gasteiger partial charge is 0.339 e. The first-order valence-corrected chi connectivity index (χ1v) is 13.5. The van der Waals surface area contributed by atoms with Gasteiger partial charge in [-0.1, -0.05) is 72.8 Å². The molecule has 0 saturated carbocycles. The molecule has 2 aliphatic rings. The number of nitrogens with zero attached hydrogens (tertiary/aromatic N) is 3. The molecule has 0 radical (unpaired) electrons. The Labute approximate surface area is 233 Å². The van der Waals surface area contributed by atoms with Crippen molar-refractivity contribution in [3.05, 3.63) is 103 Å². The summed E-state index contributed by atoms with van der Waals surface area (Å²) in [5, 5.41) is 7.99. The molecule has 0 aliphatic carbocycles. The number of nitrogens with one attached hydrogen (secondary N) is 2. The Morgan fingerprint density at radius 1 is 0.750 bits per heavy atom. The van der Waals surface area contributed by atoms with Crippen molar-refractivity contribution in [2.24, 2.45) is 0 Å². The lowest BCUT2D eigenvalue weighted by atomic mass is 9.85. The van der Waals surface area contributed by atoms with Crippen molar-refractivity contribution in [3.63, 3.8) is 0 Å². The number of amides is 4. The van der Waals surface area contributed by atoms with Crippen LogP contribution >= 0.6 is 0 Å². The number of fused-ring (bicyclic) bond motifs is 1. The molecular weight excluding hydrogens is 502 g/mol. The normalized spacial score (nSPS) is 16.4. The summed E-state index contributed by atoms with van der Waals surface area (Å²) in [4.78, 5) is 45.6. The molecule has 0 atom stereocenters. The van der Waals surface area contributed by atoms with E-state index in [4.69, 9.17) is 0 Å². The lowest BCUT2D eigenvalue weighted by Gasteiger charge is -2.43. The van der Waals surface area contributed by atoms with Crippen molar-refractivity contribution >= 4 is 45.7 Å². The highest BCUT2D eigenvalue weighted by molar-refractivity contribution is 6.02. The molecule has 4 amide bonds. The quantitative estimate of drug-likeness (QED) is 0.372. The van der Waals surface area contributed by atoms with Crippen LogP contribution in [0.25, 0.3) is 10.8 Å². The molecule has 4 aromatic carbocycles. The number of benzene rings is 4.